The highest BCUT2D eigenvalue weighted by Gasteiger charge is 2.31. The average molecular weight is 310 g/mol. The van der Waals surface area contributed by atoms with E-state index in [1.165, 1.54) is 25.7 Å². The second kappa shape index (κ2) is 7.75. The van der Waals surface area contributed by atoms with Gasteiger partial charge in [0.05, 0.1) is 18.8 Å². The van der Waals surface area contributed by atoms with E-state index in [1.807, 2.05) is 4.90 Å². The molecule has 0 aromatic heterocycles. The number of likely N-dealkylation sites (tertiary alicyclic amines) is 1. The molecule has 5 heteroatoms. The lowest BCUT2D eigenvalue weighted by Crippen LogP contribution is -2.52. The van der Waals surface area contributed by atoms with E-state index in [0.29, 0.717) is 25.4 Å². The largest absolute Gasteiger partial charge is 0.375 e. The Bertz CT molecular complexity index is 355. The molecule has 0 bridgehead atoms. The molecule has 0 aromatic carbocycles. The first-order valence-corrected chi connectivity index (χ1v) is 8.99. The van der Waals surface area contributed by atoms with Crippen LogP contribution in [-0.4, -0.2) is 61.9 Å². The highest BCUT2D eigenvalue weighted by molar-refractivity contribution is 5.81. The third kappa shape index (κ3) is 4.21. The topological polar surface area (TPSA) is 50.8 Å². The van der Waals surface area contributed by atoms with E-state index >= 15 is 0 Å². The van der Waals surface area contributed by atoms with Crippen LogP contribution >= 0.6 is 0 Å². The predicted octanol–water partition coefficient (Wildman–Crippen LogP) is 1.56. The summed E-state index contributed by atoms with van der Waals surface area (Å²) in [6.07, 6.45) is 7.47. The molecule has 0 spiro atoms. The first kappa shape index (κ1) is 16.2. The maximum atomic E-state index is 12.4. The molecule has 1 N–H and O–H groups in total. The monoisotopic (exact) mass is 310 g/mol. The van der Waals surface area contributed by atoms with Gasteiger partial charge in [0.2, 0.25) is 0 Å². The fourth-order valence-electron chi connectivity index (χ4n) is 3.78. The van der Waals surface area contributed by atoms with Gasteiger partial charge in [0.15, 0.2) is 0 Å². The van der Waals surface area contributed by atoms with Gasteiger partial charge < -0.3 is 19.7 Å². The standard InChI is InChI=1S/C17H30N2O3/c1-13-2-4-14(5-3-13)22-15-6-9-19(10-7-15)17(20)16-12-18-8-11-21-16/h13-16,18H,2-12H2,1H3. The zero-order valence-corrected chi connectivity index (χ0v) is 13.8. The summed E-state index contributed by atoms with van der Waals surface area (Å²) >= 11 is 0. The van der Waals surface area contributed by atoms with Crippen LogP contribution in [0.15, 0.2) is 0 Å². The third-order valence-electron chi connectivity index (χ3n) is 5.30. The van der Waals surface area contributed by atoms with E-state index in [0.717, 1.165) is 38.4 Å². The van der Waals surface area contributed by atoms with Gasteiger partial charge in [-0.3, -0.25) is 4.79 Å². The molecule has 2 heterocycles. The number of hydrogen-bond acceptors (Lipinski definition) is 4. The first-order chi connectivity index (χ1) is 10.7. The Morgan fingerprint density at radius 1 is 1.09 bits per heavy atom. The molecule has 0 aromatic rings. The average Bonchev–Trinajstić information content (AvgIpc) is 2.58. The number of nitrogens with one attached hydrogen (secondary N) is 1. The Kier molecular flexibility index (Phi) is 5.71. The minimum atomic E-state index is -0.286. The van der Waals surface area contributed by atoms with Crippen molar-refractivity contribution in [2.24, 2.45) is 5.92 Å². The van der Waals surface area contributed by atoms with E-state index in [2.05, 4.69) is 12.2 Å². The molecule has 1 amide bonds. The van der Waals surface area contributed by atoms with Gasteiger partial charge >= 0.3 is 0 Å². The summed E-state index contributed by atoms with van der Waals surface area (Å²) < 4.78 is 11.8. The number of amides is 1. The van der Waals surface area contributed by atoms with Crippen molar-refractivity contribution >= 4 is 5.91 Å². The van der Waals surface area contributed by atoms with Crippen molar-refractivity contribution < 1.29 is 14.3 Å². The van der Waals surface area contributed by atoms with E-state index < -0.39 is 0 Å². The van der Waals surface area contributed by atoms with E-state index in [9.17, 15) is 4.79 Å². The van der Waals surface area contributed by atoms with E-state index in [4.69, 9.17) is 9.47 Å². The minimum Gasteiger partial charge on any atom is -0.375 e. The van der Waals surface area contributed by atoms with Gasteiger partial charge in [0, 0.05) is 26.2 Å². The molecular weight excluding hydrogens is 280 g/mol. The van der Waals surface area contributed by atoms with Crippen molar-refractivity contribution in [2.75, 3.05) is 32.8 Å². The fourth-order valence-corrected chi connectivity index (χ4v) is 3.78. The molecule has 3 rings (SSSR count). The molecule has 2 aliphatic heterocycles. The lowest BCUT2D eigenvalue weighted by molar-refractivity contribution is -0.148. The molecule has 1 unspecified atom stereocenters. The first-order valence-electron chi connectivity index (χ1n) is 8.99. The highest BCUT2D eigenvalue weighted by Crippen LogP contribution is 2.28. The molecule has 1 aliphatic carbocycles. The highest BCUT2D eigenvalue weighted by atomic mass is 16.5. The number of piperidine rings is 1. The lowest BCUT2D eigenvalue weighted by Gasteiger charge is -2.37. The van der Waals surface area contributed by atoms with E-state index in [1.54, 1.807) is 0 Å². The van der Waals surface area contributed by atoms with Crippen LogP contribution in [0.2, 0.25) is 0 Å². The van der Waals surface area contributed by atoms with Gasteiger partial charge in [-0.1, -0.05) is 6.92 Å². The zero-order chi connectivity index (χ0) is 15.4. The van der Waals surface area contributed by atoms with Gasteiger partial charge in [-0.15, -0.1) is 0 Å². The Morgan fingerprint density at radius 3 is 2.41 bits per heavy atom. The number of hydrogen-bond donors (Lipinski definition) is 1. The smallest absolute Gasteiger partial charge is 0.253 e. The summed E-state index contributed by atoms with van der Waals surface area (Å²) in [6.45, 7) is 6.09. The van der Waals surface area contributed by atoms with Crippen LogP contribution in [0.4, 0.5) is 0 Å². The summed E-state index contributed by atoms with van der Waals surface area (Å²) in [4.78, 5) is 14.4. The number of ether oxygens (including phenoxy) is 2. The van der Waals surface area contributed by atoms with Crippen LogP contribution in [-0.2, 0) is 14.3 Å². The Labute approximate surface area is 133 Å². The van der Waals surface area contributed by atoms with Crippen LogP contribution in [0.5, 0.6) is 0 Å². The second-order valence-corrected chi connectivity index (χ2v) is 7.11. The molecule has 3 aliphatic rings. The van der Waals surface area contributed by atoms with Gasteiger partial charge in [-0.25, -0.2) is 0 Å². The molecule has 5 nitrogen and oxygen atoms in total. The second-order valence-electron chi connectivity index (χ2n) is 7.11. The predicted molar refractivity (Wildman–Crippen MR) is 84.7 cm³/mol. The molecule has 1 atom stereocenters. The molecular formula is C17H30N2O3. The molecule has 126 valence electrons. The van der Waals surface area contributed by atoms with Crippen molar-refractivity contribution in [1.29, 1.82) is 0 Å². The van der Waals surface area contributed by atoms with Crippen molar-refractivity contribution in [2.45, 2.75) is 63.8 Å². The minimum absolute atomic E-state index is 0.150. The SMILES string of the molecule is CC1CCC(OC2CCN(C(=O)C3CNCCO3)CC2)CC1. The van der Waals surface area contributed by atoms with Gasteiger partial charge in [0.1, 0.15) is 6.10 Å². The van der Waals surface area contributed by atoms with Crippen molar-refractivity contribution in [3.63, 3.8) is 0 Å². The number of morpholine rings is 1. The molecule has 0 radical (unpaired) electrons. The summed E-state index contributed by atoms with van der Waals surface area (Å²) in [5, 5.41) is 3.22. The fraction of sp³-hybridized carbons (Fsp3) is 0.941. The molecule has 22 heavy (non-hydrogen) atoms. The Hall–Kier alpha value is -0.650. The lowest BCUT2D eigenvalue weighted by atomic mass is 9.88. The van der Waals surface area contributed by atoms with Crippen molar-refractivity contribution in [3.05, 3.63) is 0 Å². The van der Waals surface area contributed by atoms with Crippen LogP contribution in [0.3, 0.4) is 0 Å². The molecule has 2 saturated heterocycles. The summed E-state index contributed by atoms with van der Waals surface area (Å²) in [5.74, 6) is 1.01. The van der Waals surface area contributed by atoms with Gasteiger partial charge in [-0.2, -0.15) is 0 Å². The van der Waals surface area contributed by atoms with Gasteiger partial charge in [0.25, 0.3) is 5.91 Å². The van der Waals surface area contributed by atoms with Crippen molar-refractivity contribution in [3.8, 4) is 0 Å². The molecule has 3 fully saturated rings. The van der Waals surface area contributed by atoms with Crippen LogP contribution < -0.4 is 5.32 Å². The maximum Gasteiger partial charge on any atom is 0.253 e. The van der Waals surface area contributed by atoms with Crippen LogP contribution in [0.1, 0.15) is 45.4 Å². The number of nitrogens with zero attached hydrogens (tertiary/aromatic N) is 1. The Balaban J connectivity index is 1.39. The Morgan fingerprint density at radius 2 is 1.77 bits per heavy atom. The third-order valence-corrected chi connectivity index (χ3v) is 5.30. The van der Waals surface area contributed by atoms with Crippen molar-refractivity contribution in [1.82, 2.24) is 10.2 Å². The van der Waals surface area contributed by atoms with E-state index in [-0.39, 0.29) is 12.0 Å². The number of rotatable bonds is 3. The maximum absolute atomic E-state index is 12.4. The van der Waals surface area contributed by atoms with Crippen LogP contribution in [0.25, 0.3) is 0 Å². The summed E-state index contributed by atoms with van der Waals surface area (Å²) in [5.41, 5.74) is 0. The van der Waals surface area contributed by atoms with Gasteiger partial charge in [-0.05, 0) is 44.4 Å². The summed E-state index contributed by atoms with van der Waals surface area (Å²) in [6, 6.07) is 0. The summed E-state index contributed by atoms with van der Waals surface area (Å²) in [7, 11) is 0. The number of carbonyl (C=O) groups is 1. The quantitative estimate of drug-likeness (QED) is 0.859. The van der Waals surface area contributed by atoms with Crippen LogP contribution in [0, 0.1) is 5.92 Å². The number of carbonyl (C=O) groups excluding carboxylic acids is 1. The molecule has 1 saturated carbocycles. The zero-order valence-electron chi connectivity index (χ0n) is 13.8. The normalized spacial score (nSPS) is 34.6.